The number of halogens is 2. The number of sulfonamides is 1. The molecule has 0 fully saturated rings. The van der Waals surface area contributed by atoms with Crippen molar-refractivity contribution in [2.24, 2.45) is 0 Å². The van der Waals surface area contributed by atoms with Crippen molar-refractivity contribution in [1.82, 2.24) is 19.5 Å². The number of anilines is 1. The number of fused-ring (bicyclic) bond motifs is 1. The van der Waals surface area contributed by atoms with Crippen molar-refractivity contribution < 1.29 is 22.4 Å². The topological polar surface area (TPSA) is 106 Å². The van der Waals surface area contributed by atoms with Gasteiger partial charge >= 0.3 is 0 Å². The third-order valence-electron chi connectivity index (χ3n) is 3.69. The number of rotatable bonds is 6. The molecule has 12 heteroatoms. The van der Waals surface area contributed by atoms with E-state index >= 15 is 0 Å². The fourth-order valence-electron chi connectivity index (χ4n) is 2.24. The van der Waals surface area contributed by atoms with Gasteiger partial charge in [-0.1, -0.05) is 20.8 Å². The van der Waals surface area contributed by atoms with E-state index in [-0.39, 0.29) is 16.1 Å². The molecule has 3 rings (SSSR count). The second-order valence-corrected chi connectivity index (χ2v) is 8.91. The third kappa shape index (κ3) is 4.13. The van der Waals surface area contributed by atoms with Crippen molar-refractivity contribution in [2.45, 2.75) is 4.90 Å². The minimum Gasteiger partial charge on any atom is -0.385 e. The molecule has 148 valence electrons. The lowest BCUT2D eigenvalue weighted by Gasteiger charge is -2.11. The Labute approximate surface area is 168 Å². The molecule has 0 radical (unpaired) electrons. The first-order chi connectivity index (χ1) is 13.2. The van der Waals surface area contributed by atoms with Gasteiger partial charge in [-0.3, -0.25) is 4.79 Å². The van der Waals surface area contributed by atoms with Gasteiger partial charge in [-0.05, 0) is 41.6 Å². The van der Waals surface area contributed by atoms with Crippen LogP contribution in [0.25, 0.3) is 11.0 Å². The zero-order valence-corrected chi connectivity index (χ0v) is 17.2. The van der Waals surface area contributed by atoms with Crippen molar-refractivity contribution in [2.75, 3.05) is 26.0 Å². The molecular weight excluding hydrogens is 457 g/mol. The Morgan fingerprint density at radius 3 is 2.71 bits per heavy atom. The van der Waals surface area contributed by atoms with E-state index < -0.39 is 28.4 Å². The summed E-state index contributed by atoms with van der Waals surface area (Å²) in [5.41, 5.74) is 0.655. The fraction of sp³-hybridized carbons (Fsp3) is 0.188. The molecule has 1 amide bonds. The SMILES string of the molecule is CN(C)S(=O)(=O)c1ccc2nnn(OCC(=O)Nc3ccc(Br)cc3F)c2c1. The van der Waals surface area contributed by atoms with E-state index in [4.69, 9.17) is 4.84 Å². The second-order valence-electron chi connectivity index (χ2n) is 5.85. The van der Waals surface area contributed by atoms with Gasteiger partial charge in [-0.15, -0.1) is 5.10 Å². The van der Waals surface area contributed by atoms with Crippen LogP contribution in [0, 0.1) is 5.82 Å². The maximum atomic E-state index is 13.8. The monoisotopic (exact) mass is 471 g/mol. The zero-order valence-electron chi connectivity index (χ0n) is 14.8. The molecule has 0 saturated carbocycles. The van der Waals surface area contributed by atoms with E-state index in [2.05, 4.69) is 31.6 Å². The van der Waals surface area contributed by atoms with Crippen LogP contribution in [-0.2, 0) is 14.8 Å². The fourth-order valence-corrected chi connectivity index (χ4v) is 3.50. The summed E-state index contributed by atoms with van der Waals surface area (Å²) in [6, 6.07) is 8.43. The summed E-state index contributed by atoms with van der Waals surface area (Å²) in [6.07, 6.45) is 0. The molecule has 9 nitrogen and oxygen atoms in total. The molecule has 0 spiro atoms. The predicted octanol–water partition coefficient (Wildman–Crippen LogP) is 1.65. The van der Waals surface area contributed by atoms with Crippen molar-refractivity contribution >= 4 is 48.6 Å². The van der Waals surface area contributed by atoms with E-state index in [0.717, 1.165) is 9.15 Å². The Morgan fingerprint density at radius 2 is 2.04 bits per heavy atom. The van der Waals surface area contributed by atoms with Gasteiger partial charge in [0, 0.05) is 18.6 Å². The highest BCUT2D eigenvalue weighted by molar-refractivity contribution is 9.10. The molecule has 0 unspecified atom stereocenters. The maximum absolute atomic E-state index is 13.8. The molecular formula is C16H15BrFN5O4S. The molecule has 2 aromatic carbocycles. The number of carbonyl (C=O) groups excluding carboxylic acids is 1. The number of benzene rings is 2. The third-order valence-corrected chi connectivity index (χ3v) is 5.99. The Kier molecular flexibility index (Phi) is 5.63. The van der Waals surface area contributed by atoms with Crippen LogP contribution in [0.3, 0.4) is 0 Å². The summed E-state index contributed by atoms with van der Waals surface area (Å²) in [6.45, 7) is -0.487. The first-order valence-electron chi connectivity index (χ1n) is 7.84. The smallest absolute Gasteiger partial charge is 0.265 e. The highest BCUT2D eigenvalue weighted by Crippen LogP contribution is 2.20. The normalized spacial score (nSPS) is 11.8. The average Bonchev–Trinajstić information content (AvgIpc) is 3.04. The van der Waals surface area contributed by atoms with Crippen LogP contribution in [0.15, 0.2) is 45.8 Å². The van der Waals surface area contributed by atoms with E-state index in [0.29, 0.717) is 9.99 Å². The molecule has 1 heterocycles. The number of carbonyl (C=O) groups is 1. The summed E-state index contributed by atoms with van der Waals surface area (Å²) >= 11 is 3.13. The summed E-state index contributed by atoms with van der Waals surface area (Å²) in [5.74, 6) is -1.23. The zero-order chi connectivity index (χ0) is 20.5. The van der Waals surface area contributed by atoms with E-state index in [1.54, 1.807) is 6.07 Å². The lowest BCUT2D eigenvalue weighted by atomic mass is 10.3. The van der Waals surface area contributed by atoms with Crippen molar-refractivity contribution in [3.8, 4) is 0 Å². The van der Waals surface area contributed by atoms with Crippen molar-refractivity contribution in [3.05, 3.63) is 46.7 Å². The number of nitrogens with one attached hydrogen (secondary N) is 1. The largest absolute Gasteiger partial charge is 0.385 e. The number of aromatic nitrogens is 3. The van der Waals surface area contributed by atoms with E-state index in [1.807, 2.05) is 0 Å². The molecule has 0 atom stereocenters. The Balaban J connectivity index is 1.76. The molecule has 0 aliphatic heterocycles. The van der Waals surface area contributed by atoms with Gasteiger partial charge in [0.2, 0.25) is 10.0 Å². The minimum atomic E-state index is -3.66. The van der Waals surface area contributed by atoms with Gasteiger partial charge in [0.05, 0.1) is 10.6 Å². The molecule has 1 N–H and O–H groups in total. The molecule has 0 aliphatic rings. The highest BCUT2D eigenvalue weighted by Gasteiger charge is 2.19. The van der Waals surface area contributed by atoms with Gasteiger partial charge in [0.1, 0.15) is 16.9 Å². The maximum Gasteiger partial charge on any atom is 0.265 e. The van der Waals surface area contributed by atoms with Crippen molar-refractivity contribution in [1.29, 1.82) is 0 Å². The summed E-state index contributed by atoms with van der Waals surface area (Å²) in [5, 5.41) is 9.98. The second kappa shape index (κ2) is 7.81. The van der Waals surface area contributed by atoms with Gasteiger partial charge in [0.25, 0.3) is 5.91 Å². The quantitative estimate of drug-likeness (QED) is 0.585. The number of nitrogens with zero attached hydrogens (tertiary/aromatic N) is 4. The molecule has 0 bridgehead atoms. The summed E-state index contributed by atoms with van der Waals surface area (Å²) in [4.78, 5) is 18.3. The van der Waals surface area contributed by atoms with Gasteiger partial charge in [0.15, 0.2) is 6.61 Å². The van der Waals surface area contributed by atoms with E-state index in [1.165, 1.54) is 44.4 Å². The highest BCUT2D eigenvalue weighted by atomic mass is 79.9. The Morgan fingerprint density at radius 1 is 1.29 bits per heavy atom. The summed E-state index contributed by atoms with van der Waals surface area (Å²) in [7, 11) is -0.831. The van der Waals surface area contributed by atoms with Crippen LogP contribution in [0.4, 0.5) is 10.1 Å². The average molecular weight is 472 g/mol. The van der Waals surface area contributed by atoms with E-state index in [9.17, 15) is 17.6 Å². The van der Waals surface area contributed by atoms with Crippen molar-refractivity contribution in [3.63, 3.8) is 0 Å². The molecule has 28 heavy (non-hydrogen) atoms. The van der Waals surface area contributed by atoms with Gasteiger partial charge < -0.3 is 10.2 Å². The number of hydrogen-bond acceptors (Lipinski definition) is 6. The number of hydrogen-bond donors (Lipinski definition) is 1. The van der Waals surface area contributed by atoms with Crippen LogP contribution >= 0.6 is 15.9 Å². The lowest BCUT2D eigenvalue weighted by molar-refractivity contribution is -0.121. The number of amides is 1. The Bertz CT molecular complexity index is 1150. The molecule has 3 aromatic rings. The van der Waals surface area contributed by atoms with Crippen LogP contribution < -0.4 is 10.2 Å². The lowest BCUT2D eigenvalue weighted by Crippen LogP contribution is -2.26. The standard InChI is InChI=1S/C16H15BrFN5O4S/c1-22(2)28(25,26)11-4-6-14-15(8-11)23(21-20-14)27-9-16(24)19-13-5-3-10(17)7-12(13)18/h3-8H,9H2,1-2H3,(H,19,24). The van der Waals surface area contributed by atoms with Gasteiger partial charge in [-0.25, -0.2) is 17.1 Å². The Hall–Kier alpha value is -2.57. The van der Waals surface area contributed by atoms with Crippen LogP contribution in [0.5, 0.6) is 0 Å². The van der Waals surface area contributed by atoms with Gasteiger partial charge in [-0.2, -0.15) is 0 Å². The summed E-state index contributed by atoms with van der Waals surface area (Å²) < 4.78 is 39.9. The minimum absolute atomic E-state index is 0.000360. The van der Waals surface area contributed by atoms with Crippen LogP contribution in [0.1, 0.15) is 0 Å². The molecule has 1 aromatic heterocycles. The van der Waals surface area contributed by atoms with Crippen LogP contribution in [0.2, 0.25) is 0 Å². The first-order valence-corrected chi connectivity index (χ1v) is 10.1. The predicted molar refractivity (Wildman–Crippen MR) is 103 cm³/mol. The molecule has 0 aliphatic carbocycles. The molecule has 0 saturated heterocycles. The van der Waals surface area contributed by atoms with Crippen LogP contribution in [-0.4, -0.2) is 54.5 Å². The first kappa shape index (κ1) is 20.2.